The Balaban J connectivity index is 1.50. The number of piperidine rings is 1. The van der Waals surface area contributed by atoms with Gasteiger partial charge in [-0.1, -0.05) is 5.16 Å². The van der Waals surface area contributed by atoms with Gasteiger partial charge in [-0.2, -0.15) is 4.98 Å². The van der Waals surface area contributed by atoms with Crippen molar-refractivity contribution in [3.05, 3.63) is 30.4 Å². The number of likely N-dealkylation sites (tertiary alicyclic amines) is 1. The third kappa shape index (κ3) is 4.83. The number of hydrogen-bond donors (Lipinski definition) is 0. The second kappa shape index (κ2) is 8.68. The molecule has 8 heteroatoms. The van der Waals surface area contributed by atoms with Gasteiger partial charge in [0, 0.05) is 38.2 Å². The van der Waals surface area contributed by atoms with Gasteiger partial charge in [-0.05, 0) is 25.0 Å². The minimum atomic E-state index is -0.0110. The van der Waals surface area contributed by atoms with Gasteiger partial charge in [-0.25, -0.2) is 0 Å². The highest BCUT2D eigenvalue weighted by Gasteiger charge is 2.24. The Labute approximate surface area is 146 Å². The Morgan fingerprint density at radius 2 is 2.24 bits per heavy atom. The molecule has 0 radical (unpaired) electrons. The average Bonchev–Trinajstić information content (AvgIpc) is 3.14. The van der Waals surface area contributed by atoms with Gasteiger partial charge >= 0.3 is 0 Å². The van der Waals surface area contributed by atoms with E-state index in [2.05, 4.69) is 15.1 Å². The van der Waals surface area contributed by atoms with Gasteiger partial charge in [0.2, 0.25) is 5.91 Å². The number of carbonyl (C=O) groups excluding carboxylic acids is 1. The topological polar surface area (TPSA) is 90.6 Å². The molecular weight excluding hydrogens is 324 g/mol. The molecule has 1 saturated heterocycles. The van der Waals surface area contributed by atoms with Crippen LogP contribution in [0.2, 0.25) is 0 Å². The maximum Gasteiger partial charge on any atom is 0.258 e. The van der Waals surface area contributed by atoms with Gasteiger partial charge in [0.25, 0.3) is 5.89 Å². The molecule has 2 aromatic heterocycles. The first-order chi connectivity index (χ1) is 12.3. The highest BCUT2D eigenvalue weighted by molar-refractivity contribution is 5.76. The highest BCUT2D eigenvalue weighted by atomic mass is 16.5. The zero-order chi connectivity index (χ0) is 17.5. The maximum absolute atomic E-state index is 12.1. The van der Waals surface area contributed by atoms with Crippen molar-refractivity contribution in [3.63, 3.8) is 0 Å². The van der Waals surface area contributed by atoms with Crippen molar-refractivity contribution in [2.45, 2.75) is 32.0 Å². The molecule has 2 aromatic rings. The van der Waals surface area contributed by atoms with Crippen LogP contribution in [0.15, 0.2) is 29.0 Å². The van der Waals surface area contributed by atoms with Crippen LogP contribution in [0.25, 0.3) is 11.5 Å². The summed E-state index contributed by atoms with van der Waals surface area (Å²) < 4.78 is 16.1. The summed E-state index contributed by atoms with van der Waals surface area (Å²) in [5, 5.41) is 3.94. The molecule has 25 heavy (non-hydrogen) atoms. The Hall–Kier alpha value is -2.32. The molecule has 1 atom stereocenters. The highest BCUT2D eigenvalue weighted by Crippen LogP contribution is 2.18. The van der Waals surface area contributed by atoms with Gasteiger partial charge in [-0.3, -0.25) is 9.78 Å². The molecule has 0 bridgehead atoms. The van der Waals surface area contributed by atoms with E-state index in [4.69, 9.17) is 14.0 Å². The fraction of sp³-hybridized carbons (Fsp3) is 0.529. The first kappa shape index (κ1) is 17.5. The summed E-state index contributed by atoms with van der Waals surface area (Å²) in [5.74, 6) is 1.05. The minimum absolute atomic E-state index is 0.0110. The molecule has 8 nitrogen and oxygen atoms in total. The van der Waals surface area contributed by atoms with Crippen LogP contribution in [-0.2, 0) is 20.9 Å². The average molecular weight is 346 g/mol. The number of methoxy groups -OCH3 is 1. The van der Waals surface area contributed by atoms with E-state index in [0.29, 0.717) is 31.3 Å². The predicted octanol–water partition coefficient (Wildman–Crippen LogP) is 1.68. The fourth-order valence-corrected chi connectivity index (χ4v) is 2.76. The fourth-order valence-electron chi connectivity index (χ4n) is 2.76. The zero-order valence-corrected chi connectivity index (χ0v) is 14.3. The van der Waals surface area contributed by atoms with Gasteiger partial charge in [0.05, 0.1) is 19.1 Å². The van der Waals surface area contributed by atoms with Crippen LogP contribution in [0, 0.1) is 0 Å². The van der Waals surface area contributed by atoms with Gasteiger partial charge in [-0.15, -0.1) is 0 Å². The second-order valence-electron chi connectivity index (χ2n) is 5.91. The molecule has 1 fully saturated rings. The largest absolute Gasteiger partial charge is 0.384 e. The summed E-state index contributed by atoms with van der Waals surface area (Å²) in [5.41, 5.74) is 0.821. The number of rotatable bonds is 7. The van der Waals surface area contributed by atoms with Crippen molar-refractivity contribution >= 4 is 5.91 Å². The number of nitrogens with zero attached hydrogens (tertiary/aromatic N) is 4. The number of carbonyl (C=O) groups is 1. The first-order valence-corrected chi connectivity index (χ1v) is 8.37. The molecule has 0 aromatic carbocycles. The van der Waals surface area contributed by atoms with Gasteiger partial charge < -0.3 is 18.9 Å². The van der Waals surface area contributed by atoms with E-state index >= 15 is 0 Å². The molecule has 0 saturated carbocycles. The van der Waals surface area contributed by atoms with Crippen molar-refractivity contribution in [1.82, 2.24) is 20.0 Å². The van der Waals surface area contributed by atoms with Crippen molar-refractivity contribution in [2.75, 3.05) is 26.8 Å². The van der Waals surface area contributed by atoms with Crippen LogP contribution < -0.4 is 0 Å². The van der Waals surface area contributed by atoms with Crippen molar-refractivity contribution in [2.24, 2.45) is 0 Å². The molecule has 0 N–H and O–H groups in total. The lowest BCUT2D eigenvalue weighted by Gasteiger charge is -2.32. The van der Waals surface area contributed by atoms with Gasteiger partial charge in [0.15, 0.2) is 5.82 Å². The van der Waals surface area contributed by atoms with Crippen molar-refractivity contribution < 1.29 is 18.8 Å². The molecule has 1 amide bonds. The summed E-state index contributed by atoms with van der Waals surface area (Å²) in [6.07, 6.45) is 5.59. The van der Waals surface area contributed by atoms with Gasteiger partial charge in [0.1, 0.15) is 6.61 Å². The Kier molecular flexibility index (Phi) is 6.08. The molecule has 3 heterocycles. The Morgan fingerprint density at radius 3 is 3.04 bits per heavy atom. The van der Waals surface area contributed by atoms with Crippen LogP contribution in [0.5, 0.6) is 0 Å². The Bertz CT molecular complexity index is 676. The number of amides is 1. The van der Waals surface area contributed by atoms with E-state index < -0.39 is 0 Å². The lowest BCUT2D eigenvalue weighted by molar-refractivity contribution is -0.136. The smallest absolute Gasteiger partial charge is 0.258 e. The third-order valence-corrected chi connectivity index (χ3v) is 4.09. The summed E-state index contributed by atoms with van der Waals surface area (Å²) >= 11 is 0. The van der Waals surface area contributed by atoms with E-state index in [1.54, 1.807) is 19.5 Å². The summed E-state index contributed by atoms with van der Waals surface area (Å²) in [7, 11) is 1.60. The quantitative estimate of drug-likeness (QED) is 0.753. The van der Waals surface area contributed by atoms with Crippen LogP contribution in [0.4, 0.5) is 0 Å². The lowest BCUT2D eigenvalue weighted by Crippen LogP contribution is -2.43. The molecule has 0 aliphatic carbocycles. The van der Waals surface area contributed by atoms with E-state index in [9.17, 15) is 4.79 Å². The summed E-state index contributed by atoms with van der Waals surface area (Å²) in [6, 6.07) is 3.62. The van der Waals surface area contributed by atoms with Crippen LogP contribution in [0.1, 0.15) is 25.1 Å². The predicted molar refractivity (Wildman–Crippen MR) is 88.4 cm³/mol. The van der Waals surface area contributed by atoms with E-state index in [1.165, 1.54) is 0 Å². The Morgan fingerprint density at radius 1 is 1.40 bits per heavy atom. The standard InChI is InChI=1S/C17H22N4O4/c1-23-10-6-16(22)21-9-2-3-14(11-21)24-12-15-19-17(25-20-15)13-4-7-18-8-5-13/h4-5,7-8,14H,2-3,6,9-12H2,1H3. The van der Waals surface area contributed by atoms with E-state index in [0.717, 1.165) is 24.9 Å². The number of pyridine rings is 1. The summed E-state index contributed by atoms with van der Waals surface area (Å²) in [6.45, 7) is 2.08. The van der Waals surface area contributed by atoms with Crippen LogP contribution in [-0.4, -0.2) is 58.8 Å². The number of hydrogen-bond acceptors (Lipinski definition) is 7. The zero-order valence-electron chi connectivity index (χ0n) is 14.3. The molecule has 0 spiro atoms. The molecule has 1 aliphatic heterocycles. The van der Waals surface area contributed by atoms with Crippen molar-refractivity contribution in [1.29, 1.82) is 0 Å². The van der Waals surface area contributed by atoms with Crippen molar-refractivity contribution in [3.8, 4) is 11.5 Å². The first-order valence-electron chi connectivity index (χ1n) is 8.37. The van der Waals surface area contributed by atoms with Crippen LogP contribution in [0.3, 0.4) is 0 Å². The van der Waals surface area contributed by atoms with E-state index in [1.807, 2.05) is 17.0 Å². The van der Waals surface area contributed by atoms with E-state index in [-0.39, 0.29) is 18.6 Å². The second-order valence-corrected chi connectivity index (χ2v) is 5.91. The molecule has 1 unspecified atom stereocenters. The molecule has 1 aliphatic rings. The molecular formula is C17H22N4O4. The number of aromatic nitrogens is 3. The third-order valence-electron chi connectivity index (χ3n) is 4.09. The van der Waals surface area contributed by atoms with Crippen LogP contribution >= 0.6 is 0 Å². The maximum atomic E-state index is 12.1. The summed E-state index contributed by atoms with van der Waals surface area (Å²) in [4.78, 5) is 22.2. The normalized spacial score (nSPS) is 17.6. The SMILES string of the molecule is COCCC(=O)N1CCCC(OCc2noc(-c3ccncc3)n2)C1. The minimum Gasteiger partial charge on any atom is -0.384 e. The monoisotopic (exact) mass is 346 g/mol. The lowest BCUT2D eigenvalue weighted by atomic mass is 10.1. The molecule has 3 rings (SSSR count). The molecule has 134 valence electrons. The number of ether oxygens (including phenoxy) is 2.